The van der Waals surface area contributed by atoms with Crippen LogP contribution in [0.4, 0.5) is 10.1 Å². The lowest BCUT2D eigenvalue weighted by Crippen LogP contribution is -2.31. The molecule has 27 heavy (non-hydrogen) atoms. The summed E-state index contributed by atoms with van der Waals surface area (Å²) < 4.78 is 14.6. The van der Waals surface area contributed by atoms with Crippen molar-refractivity contribution in [3.8, 4) is 0 Å². The molecule has 2 amide bonds. The van der Waals surface area contributed by atoms with Crippen LogP contribution in [0, 0.1) is 5.82 Å². The molecule has 0 bridgehead atoms. The fourth-order valence-electron chi connectivity index (χ4n) is 2.56. The van der Waals surface area contributed by atoms with Crippen molar-refractivity contribution in [3.05, 3.63) is 66.0 Å². The number of likely N-dealkylation sites (N-methyl/N-ethyl adjacent to an activating group) is 1. The van der Waals surface area contributed by atoms with Crippen LogP contribution in [-0.2, 0) is 0 Å². The van der Waals surface area contributed by atoms with E-state index in [1.165, 1.54) is 24.3 Å². The van der Waals surface area contributed by atoms with E-state index < -0.39 is 11.7 Å². The van der Waals surface area contributed by atoms with Gasteiger partial charge in [-0.25, -0.2) is 9.37 Å². The summed E-state index contributed by atoms with van der Waals surface area (Å²) in [5.41, 5.74) is 1.15. The smallest absolute Gasteiger partial charge is 0.292 e. The van der Waals surface area contributed by atoms with Gasteiger partial charge in [-0.3, -0.25) is 14.0 Å². The summed E-state index contributed by atoms with van der Waals surface area (Å²) in [6.45, 7) is 1.16. The molecule has 2 heterocycles. The third-order valence-corrected chi connectivity index (χ3v) is 3.91. The Bertz CT molecular complexity index is 966. The maximum Gasteiger partial charge on any atom is 0.292 e. The summed E-state index contributed by atoms with van der Waals surface area (Å²) in [7, 11) is 3.83. The number of rotatable bonds is 6. The molecule has 0 saturated carbocycles. The van der Waals surface area contributed by atoms with Gasteiger partial charge in [0.05, 0.1) is 5.52 Å². The molecule has 0 fully saturated rings. The molecule has 8 heteroatoms. The van der Waals surface area contributed by atoms with E-state index in [0.717, 1.165) is 0 Å². The van der Waals surface area contributed by atoms with Crippen LogP contribution in [0.15, 0.2) is 48.7 Å². The average Bonchev–Trinajstić information content (AvgIpc) is 3.03. The van der Waals surface area contributed by atoms with Gasteiger partial charge >= 0.3 is 0 Å². The predicted octanol–water partition coefficient (Wildman–Crippen LogP) is 2.02. The summed E-state index contributed by atoms with van der Waals surface area (Å²) in [4.78, 5) is 31.3. The fourth-order valence-corrected chi connectivity index (χ4v) is 2.56. The summed E-state index contributed by atoms with van der Waals surface area (Å²) in [6, 6.07) is 10.7. The number of nitrogens with one attached hydrogen (secondary N) is 2. The van der Waals surface area contributed by atoms with E-state index in [-0.39, 0.29) is 17.4 Å². The molecule has 140 valence electrons. The second-order valence-electron chi connectivity index (χ2n) is 6.26. The monoisotopic (exact) mass is 369 g/mol. The lowest BCUT2D eigenvalue weighted by molar-refractivity contribution is 0.0948. The Balaban J connectivity index is 1.86. The van der Waals surface area contributed by atoms with Crippen molar-refractivity contribution in [2.45, 2.75) is 0 Å². The summed E-state index contributed by atoms with van der Waals surface area (Å²) >= 11 is 0. The molecule has 0 unspecified atom stereocenters. The molecule has 0 aliphatic rings. The number of hydrogen-bond donors (Lipinski definition) is 2. The predicted molar refractivity (Wildman–Crippen MR) is 100 cm³/mol. The molecular formula is C19H20FN5O2. The van der Waals surface area contributed by atoms with E-state index in [4.69, 9.17) is 0 Å². The van der Waals surface area contributed by atoms with Crippen LogP contribution in [0.1, 0.15) is 21.1 Å². The largest absolute Gasteiger partial charge is 0.349 e. The van der Waals surface area contributed by atoms with Gasteiger partial charge in [-0.15, -0.1) is 0 Å². The van der Waals surface area contributed by atoms with Crippen molar-refractivity contribution in [2.24, 2.45) is 0 Å². The number of anilines is 1. The Morgan fingerprint density at radius 2 is 1.85 bits per heavy atom. The Labute approximate surface area is 155 Å². The number of imidazole rings is 1. The first-order valence-corrected chi connectivity index (χ1v) is 8.42. The number of fused-ring (bicyclic) bond motifs is 1. The minimum atomic E-state index is -0.491. The number of nitrogens with zero attached hydrogens (tertiary/aromatic N) is 3. The molecule has 2 N–H and O–H groups in total. The Morgan fingerprint density at radius 3 is 2.56 bits per heavy atom. The van der Waals surface area contributed by atoms with Crippen LogP contribution < -0.4 is 10.6 Å². The number of pyridine rings is 1. The van der Waals surface area contributed by atoms with Crippen molar-refractivity contribution >= 4 is 23.0 Å². The minimum Gasteiger partial charge on any atom is -0.349 e. The molecule has 0 aliphatic carbocycles. The third kappa shape index (κ3) is 4.29. The second kappa shape index (κ2) is 7.96. The lowest BCUT2D eigenvalue weighted by Gasteiger charge is -2.09. The molecule has 0 saturated heterocycles. The highest BCUT2D eigenvalue weighted by Crippen LogP contribution is 2.15. The van der Waals surface area contributed by atoms with E-state index in [1.807, 2.05) is 19.0 Å². The second-order valence-corrected chi connectivity index (χ2v) is 6.26. The highest BCUT2D eigenvalue weighted by molar-refractivity contribution is 6.06. The maximum atomic E-state index is 13.0. The van der Waals surface area contributed by atoms with Crippen LogP contribution in [0.25, 0.3) is 5.52 Å². The van der Waals surface area contributed by atoms with Crippen molar-refractivity contribution in [3.63, 3.8) is 0 Å². The Morgan fingerprint density at radius 1 is 1.11 bits per heavy atom. The summed E-state index contributed by atoms with van der Waals surface area (Å²) in [5, 5.41) is 5.46. The average molecular weight is 369 g/mol. The summed E-state index contributed by atoms with van der Waals surface area (Å²) in [6.07, 6.45) is 1.67. The van der Waals surface area contributed by atoms with Crippen molar-refractivity contribution < 1.29 is 14.0 Å². The SMILES string of the molecule is CN(C)CCNC(=O)c1nc(C(=O)Nc2ccc(F)cc2)n2ccccc12. The molecule has 2 aromatic heterocycles. The van der Waals surface area contributed by atoms with E-state index in [1.54, 1.807) is 28.8 Å². The van der Waals surface area contributed by atoms with Crippen LogP contribution in [-0.4, -0.2) is 53.3 Å². The Hall–Kier alpha value is -3.26. The number of halogens is 1. The Kier molecular flexibility index (Phi) is 5.46. The van der Waals surface area contributed by atoms with Crippen molar-refractivity contribution in [2.75, 3.05) is 32.5 Å². The zero-order valence-corrected chi connectivity index (χ0v) is 15.1. The number of amides is 2. The molecule has 0 atom stereocenters. The van der Waals surface area contributed by atoms with Gasteiger partial charge < -0.3 is 15.5 Å². The van der Waals surface area contributed by atoms with E-state index >= 15 is 0 Å². The van der Waals surface area contributed by atoms with Crippen molar-refractivity contribution in [1.29, 1.82) is 0 Å². The lowest BCUT2D eigenvalue weighted by atomic mass is 10.3. The van der Waals surface area contributed by atoms with E-state index in [9.17, 15) is 14.0 Å². The number of aromatic nitrogens is 2. The van der Waals surface area contributed by atoms with Crippen molar-refractivity contribution in [1.82, 2.24) is 19.6 Å². The third-order valence-electron chi connectivity index (χ3n) is 3.91. The van der Waals surface area contributed by atoms with Gasteiger partial charge in [-0.2, -0.15) is 0 Å². The number of carbonyl (C=O) groups is 2. The first-order chi connectivity index (χ1) is 13.0. The first-order valence-electron chi connectivity index (χ1n) is 8.42. The summed E-state index contributed by atoms with van der Waals surface area (Å²) in [5.74, 6) is -1.15. The van der Waals surface area contributed by atoms with Gasteiger partial charge in [0.1, 0.15) is 5.82 Å². The van der Waals surface area contributed by atoms with Gasteiger partial charge in [-0.1, -0.05) is 6.07 Å². The molecule has 0 aliphatic heterocycles. The van der Waals surface area contributed by atoms with Crippen LogP contribution >= 0.6 is 0 Å². The van der Waals surface area contributed by atoms with Gasteiger partial charge in [0.25, 0.3) is 11.8 Å². The van der Waals surface area contributed by atoms with Gasteiger partial charge in [-0.05, 0) is 50.5 Å². The standard InChI is InChI=1S/C19H20FN5O2/c1-24(2)12-10-21-18(26)16-15-5-3-4-11-25(15)17(23-16)19(27)22-14-8-6-13(20)7-9-14/h3-9,11H,10,12H2,1-2H3,(H,21,26)(H,22,27). The van der Waals surface area contributed by atoms with Crippen LogP contribution in [0.3, 0.4) is 0 Å². The zero-order valence-electron chi connectivity index (χ0n) is 15.1. The number of benzene rings is 1. The molecular weight excluding hydrogens is 349 g/mol. The number of hydrogen-bond acceptors (Lipinski definition) is 4. The molecule has 1 aromatic carbocycles. The molecule has 7 nitrogen and oxygen atoms in total. The molecule has 3 rings (SSSR count). The van der Waals surface area contributed by atoms with Gasteiger partial charge in [0.2, 0.25) is 5.82 Å². The first kappa shape index (κ1) is 18.5. The minimum absolute atomic E-state index is 0.0766. The normalized spacial score (nSPS) is 11.0. The van der Waals surface area contributed by atoms with E-state index in [0.29, 0.717) is 24.3 Å². The highest BCUT2D eigenvalue weighted by Gasteiger charge is 2.21. The van der Waals surface area contributed by atoms with Gasteiger partial charge in [0.15, 0.2) is 5.69 Å². The van der Waals surface area contributed by atoms with Crippen LogP contribution in [0.5, 0.6) is 0 Å². The molecule has 0 radical (unpaired) electrons. The van der Waals surface area contributed by atoms with Crippen LogP contribution in [0.2, 0.25) is 0 Å². The fraction of sp³-hybridized carbons (Fsp3) is 0.211. The van der Waals surface area contributed by atoms with Gasteiger partial charge in [0, 0.05) is 25.0 Å². The van der Waals surface area contributed by atoms with E-state index in [2.05, 4.69) is 15.6 Å². The topological polar surface area (TPSA) is 78.7 Å². The highest BCUT2D eigenvalue weighted by atomic mass is 19.1. The molecule has 0 spiro atoms. The number of carbonyl (C=O) groups excluding carboxylic acids is 2. The quantitative estimate of drug-likeness (QED) is 0.697. The molecule has 3 aromatic rings. The zero-order chi connectivity index (χ0) is 19.4. The maximum absolute atomic E-state index is 13.0.